The normalized spacial score (nSPS) is 10.9. The molecule has 0 saturated carbocycles. The van der Waals surface area contributed by atoms with Crippen LogP contribution in [0.5, 0.6) is 0 Å². The van der Waals surface area contributed by atoms with Crippen molar-refractivity contribution in [1.82, 2.24) is 0 Å². The van der Waals surface area contributed by atoms with Crippen molar-refractivity contribution in [1.29, 1.82) is 0 Å². The number of nitrogens with two attached hydrogens (primary N) is 1. The van der Waals surface area contributed by atoms with Crippen LogP contribution in [0.3, 0.4) is 0 Å². The second kappa shape index (κ2) is 9.54. The van der Waals surface area contributed by atoms with Gasteiger partial charge in [-0.2, -0.15) is 0 Å². The number of anilines is 1. The maximum Gasteiger partial charge on any atom is 0.339 e. The highest BCUT2D eigenvalue weighted by Gasteiger charge is 2.20. The minimum atomic E-state index is -3.84. The second-order valence-electron chi connectivity index (χ2n) is 6.93. The van der Waals surface area contributed by atoms with E-state index in [9.17, 15) is 22.8 Å². The number of sulfonamides is 1. The summed E-state index contributed by atoms with van der Waals surface area (Å²) in [4.78, 5) is 37.4. The number of carbonyl (C=O) groups is 3. The molecule has 32 heavy (non-hydrogen) atoms. The van der Waals surface area contributed by atoms with Gasteiger partial charge >= 0.3 is 5.97 Å². The Labute approximate surface area is 185 Å². The molecule has 0 bridgehead atoms. The minimum absolute atomic E-state index is 0.0448. The van der Waals surface area contributed by atoms with Crippen LogP contribution in [0, 0.1) is 6.92 Å². The van der Waals surface area contributed by atoms with Crippen molar-refractivity contribution in [3.05, 3.63) is 95.1 Å². The van der Waals surface area contributed by atoms with Crippen LogP contribution in [0.15, 0.2) is 77.7 Å². The molecule has 0 aliphatic heterocycles. The molecule has 164 valence electrons. The Morgan fingerprint density at radius 3 is 2.06 bits per heavy atom. The summed E-state index contributed by atoms with van der Waals surface area (Å²) in [6.45, 7) is 1.31. The highest BCUT2D eigenvalue weighted by molar-refractivity contribution is 7.89. The zero-order valence-corrected chi connectivity index (χ0v) is 17.9. The fourth-order valence-electron chi connectivity index (χ4n) is 2.85. The van der Waals surface area contributed by atoms with Crippen LogP contribution < -0.4 is 10.5 Å². The Morgan fingerprint density at radius 1 is 0.875 bits per heavy atom. The van der Waals surface area contributed by atoms with Gasteiger partial charge in [0.25, 0.3) is 5.91 Å². The molecule has 1 amide bonds. The Hall–Kier alpha value is -3.82. The zero-order chi connectivity index (χ0) is 23.3. The molecule has 0 heterocycles. The third-order valence-electron chi connectivity index (χ3n) is 4.51. The Kier molecular flexibility index (Phi) is 6.82. The third kappa shape index (κ3) is 5.65. The highest BCUT2D eigenvalue weighted by Crippen LogP contribution is 2.17. The van der Waals surface area contributed by atoms with Gasteiger partial charge in [-0.05, 0) is 37.3 Å². The summed E-state index contributed by atoms with van der Waals surface area (Å²) in [5, 5.41) is 7.50. The lowest BCUT2D eigenvalue weighted by atomic mass is 9.98. The SMILES string of the molecule is Cc1ccc(C(=O)c2ccccc2C(=O)OCC(=O)Nc2ccc(S(N)(=O)=O)cc2)cc1. The number of aryl methyl sites for hydroxylation is 1. The lowest BCUT2D eigenvalue weighted by Gasteiger charge is -2.10. The minimum Gasteiger partial charge on any atom is -0.452 e. The molecule has 0 aliphatic carbocycles. The van der Waals surface area contributed by atoms with E-state index >= 15 is 0 Å². The summed E-state index contributed by atoms with van der Waals surface area (Å²) >= 11 is 0. The van der Waals surface area contributed by atoms with Crippen LogP contribution in [0.4, 0.5) is 5.69 Å². The first kappa shape index (κ1) is 22.9. The fourth-order valence-corrected chi connectivity index (χ4v) is 3.37. The van der Waals surface area contributed by atoms with E-state index in [2.05, 4.69) is 5.32 Å². The summed E-state index contributed by atoms with van der Waals surface area (Å²) in [6, 6.07) is 18.3. The Bertz CT molecular complexity index is 1270. The number of hydrogen-bond donors (Lipinski definition) is 2. The third-order valence-corrected chi connectivity index (χ3v) is 5.44. The lowest BCUT2D eigenvalue weighted by molar-refractivity contribution is -0.119. The molecule has 3 aromatic carbocycles. The van der Waals surface area contributed by atoms with Crippen molar-refractivity contribution >= 4 is 33.4 Å². The topological polar surface area (TPSA) is 133 Å². The number of carbonyl (C=O) groups excluding carboxylic acids is 3. The van der Waals surface area contributed by atoms with E-state index in [4.69, 9.17) is 9.88 Å². The number of primary sulfonamides is 1. The van der Waals surface area contributed by atoms with Crippen molar-refractivity contribution in [2.24, 2.45) is 5.14 Å². The molecule has 0 radical (unpaired) electrons. The number of ketones is 1. The first-order valence-corrected chi connectivity index (χ1v) is 11.0. The number of esters is 1. The van der Waals surface area contributed by atoms with Crippen molar-refractivity contribution in [3.8, 4) is 0 Å². The molecule has 8 nitrogen and oxygen atoms in total. The number of rotatable bonds is 7. The zero-order valence-electron chi connectivity index (χ0n) is 17.1. The van der Waals surface area contributed by atoms with Gasteiger partial charge in [0.05, 0.1) is 10.5 Å². The molecular weight excluding hydrogens is 432 g/mol. The predicted molar refractivity (Wildman–Crippen MR) is 118 cm³/mol. The van der Waals surface area contributed by atoms with Crippen LogP contribution >= 0.6 is 0 Å². The monoisotopic (exact) mass is 452 g/mol. The van der Waals surface area contributed by atoms with Crippen LogP contribution in [0.25, 0.3) is 0 Å². The number of benzene rings is 3. The maximum atomic E-state index is 12.8. The van der Waals surface area contributed by atoms with E-state index < -0.39 is 28.5 Å². The van der Waals surface area contributed by atoms with Gasteiger partial charge in [0.15, 0.2) is 12.4 Å². The Balaban J connectivity index is 1.66. The predicted octanol–water partition coefficient (Wildman–Crippen LogP) is 2.67. The van der Waals surface area contributed by atoms with Crippen LogP contribution in [0.1, 0.15) is 31.8 Å². The van der Waals surface area contributed by atoms with Crippen molar-refractivity contribution in [2.45, 2.75) is 11.8 Å². The molecule has 0 aliphatic rings. The van der Waals surface area contributed by atoms with Gasteiger partial charge in [-0.3, -0.25) is 9.59 Å². The van der Waals surface area contributed by atoms with E-state index in [1.54, 1.807) is 36.4 Å². The molecule has 3 rings (SSSR count). The number of ether oxygens (including phenoxy) is 1. The molecule has 0 fully saturated rings. The fraction of sp³-hybridized carbons (Fsp3) is 0.0870. The highest BCUT2D eigenvalue weighted by atomic mass is 32.2. The van der Waals surface area contributed by atoms with Crippen LogP contribution in [-0.2, 0) is 19.6 Å². The summed E-state index contributed by atoms with van der Waals surface area (Å²) in [5.41, 5.74) is 1.94. The average molecular weight is 452 g/mol. The van der Waals surface area contributed by atoms with Crippen LogP contribution in [-0.4, -0.2) is 32.7 Å². The molecule has 0 unspecified atom stereocenters. The number of hydrogen-bond acceptors (Lipinski definition) is 6. The number of amides is 1. The summed E-state index contributed by atoms with van der Waals surface area (Å²) in [7, 11) is -3.84. The van der Waals surface area contributed by atoms with Crippen LogP contribution in [0.2, 0.25) is 0 Å². The summed E-state index contributed by atoms with van der Waals surface area (Å²) < 4.78 is 27.6. The van der Waals surface area contributed by atoms with E-state index in [1.165, 1.54) is 36.4 Å². The standard InChI is InChI=1S/C23H20N2O6S/c1-15-6-8-16(9-7-15)22(27)19-4-2-3-5-20(19)23(28)31-14-21(26)25-17-10-12-18(13-11-17)32(24,29)30/h2-13H,14H2,1H3,(H,25,26)(H2,24,29,30). The Morgan fingerprint density at radius 2 is 1.47 bits per heavy atom. The van der Waals surface area contributed by atoms with Gasteiger partial charge in [-0.15, -0.1) is 0 Å². The van der Waals surface area contributed by atoms with E-state index in [-0.39, 0.29) is 21.8 Å². The lowest BCUT2D eigenvalue weighted by Crippen LogP contribution is -2.22. The molecular formula is C23H20N2O6S. The first-order chi connectivity index (χ1) is 15.1. The van der Waals surface area contributed by atoms with E-state index in [0.717, 1.165) is 5.56 Å². The van der Waals surface area contributed by atoms with Crippen molar-refractivity contribution < 1.29 is 27.5 Å². The van der Waals surface area contributed by atoms with Gasteiger partial charge < -0.3 is 10.1 Å². The molecule has 0 saturated heterocycles. The van der Waals surface area contributed by atoms with Crippen molar-refractivity contribution in [3.63, 3.8) is 0 Å². The van der Waals surface area contributed by atoms with Crippen molar-refractivity contribution in [2.75, 3.05) is 11.9 Å². The quantitative estimate of drug-likeness (QED) is 0.418. The summed E-state index contributed by atoms with van der Waals surface area (Å²) in [5.74, 6) is -1.79. The van der Waals surface area contributed by atoms with Gasteiger partial charge in [-0.1, -0.05) is 48.0 Å². The van der Waals surface area contributed by atoms with E-state index in [1.807, 2.05) is 6.92 Å². The largest absolute Gasteiger partial charge is 0.452 e. The maximum absolute atomic E-state index is 12.8. The molecule has 0 aromatic heterocycles. The molecule has 0 spiro atoms. The smallest absolute Gasteiger partial charge is 0.339 e. The first-order valence-electron chi connectivity index (χ1n) is 9.45. The summed E-state index contributed by atoms with van der Waals surface area (Å²) in [6.07, 6.45) is 0. The average Bonchev–Trinajstić information content (AvgIpc) is 2.77. The molecule has 3 N–H and O–H groups in total. The van der Waals surface area contributed by atoms with Gasteiger partial charge in [-0.25, -0.2) is 18.4 Å². The molecule has 3 aromatic rings. The van der Waals surface area contributed by atoms with E-state index in [0.29, 0.717) is 11.3 Å². The number of nitrogens with one attached hydrogen (secondary N) is 1. The molecule has 9 heteroatoms. The van der Waals surface area contributed by atoms with Gasteiger partial charge in [0.1, 0.15) is 0 Å². The molecule has 0 atom stereocenters. The van der Waals surface area contributed by atoms with Gasteiger partial charge in [0.2, 0.25) is 10.0 Å². The second-order valence-corrected chi connectivity index (χ2v) is 8.50. The van der Waals surface area contributed by atoms with Gasteiger partial charge in [0, 0.05) is 16.8 Å².